The largest absolute Gasteiger partial charge is 0.337 e. The quantitative estimate of drug-likeness (QED) is 0.871. The number of amides is 1. The number of hydrogen-bond acceptors (Lipinski definition) is 3. The summed E-state index contributed by atoms with van der Waals surface area (Å²) in [6, 6.07) is 6.67. The summed E-state index contributed by atoms with van der Waals surface area (Å²) < 4.78 is 12.9. The maximum Gasteiger partial charge on any atom is 0.274 e. The molecule has 2 aromatic rings. The van der Waals surface area contributed by atoms with Gasteiger partial charge in [-0.25, -0.2) is 9.37 Å². The SMILES string of the molecule is O=C(c1cnccn1)N1CCC[C@H](CCc2ccc(F)cc2)C1. The van der Waals surface area contributed by atoms with E-state index in [-0.39, 0.29) is 11.7 Å². The number of benzene rings is 1. The van der Waals surface area contributed by atoms with Crippen molar-refractivity contribution in [3.05, 3.63) is 59.9 Å². The number of hydrogen-bond donors (Lipinski definition) is 0. The van der Waals surface area contributed by atoms with Crippen molar-refractivity contribution < 1.29 is 9.18 Å². The van der Waals surface area contributed by atoms with Gasteiger partial charge in [-0.2, -0.15) is 0 Å². The molecule has 1 saturated heterocycles. The highest BCUT2D eigenvalue weighted by molar-refractivity contribution is 5.92. The van der Waals surface area contributed by atoms with Crippen molar-refractivity contribution in [1.82, 2.24) is 14.9 Å². The molecule has 0 radical (unpaired) electrons. The standard InChI is InChI=1S/C18H20FN3O/c19-16-7-5-14(6-8-16)3-4-15-2-1-11-22(13-15)18(23)17-12-20-9-10-21-17/h5-10,12,15H,1-4,11,13H2/t15-/m1/s1. The van der Waals surface area contributed by atoms with E-state index in [1.54, 1.807) is 12.4 Å². The Bertz CT molecular complexity index is 645. The van der Waals surface area contributed by atoms with E-state index in [2.05, 4.69) is 9.97 Å². The second-order valence-electron chi connectivity index (χ2n) is 6.02. The second-order valence-corrected chi connectivity index (χ2v) is 6.02. The number of piperidine rings is 1. The molecule has 120 valence electrons. The maximum absolute atomic E-state index is 12.9. The van der Waals surface area contributed by atoms with Gasteiger partial charge in [-0.15, -0.1) is 0 Å². The number of aromatic nitrogens is 2. The van der Waals surface area contributed by atoms with Gasteiger partial charge in [0.15, 0.2) is 0 Å². The molecule has 1 amide bonds. The smallest absolute Gasteiger partial charge is 0.274 e. The van der Waals surface area contributed by atoms with Gasteiger partial charge >= 0.3 is 0 Å². The Hall–Kier alpha value is -2.30. The molecule has 0 spiro atoms. The van der Waals surface area contributed by atoms with Crippen LogP contribution in [0.15, 0.2) is 42.9 Å². The van der Waals surface area contributed by atoms with E-state index in [0.717, 1.165) is 44.3 Å². The van der Waals surface area contributed by atoms with Crippen LogP contribution in [0.2, 0.25) is 0 Å². The summed E-state index contributed by atoms with van der Waals surface area (Å²) in [4.78, 5) is 22.4. The Labute approximate surface area is 135 Å². The Balaban J connectivity index is 1.56. The molecule has 0 bridgehead atoms. The monoisotopic (exact) mass is 313 g/mol. The third kappa shape index (κ3) is 4.12. The molecule has 1 aliphatic heterocycles. The lowest BCUT2D eigenvalue weighted by Crippen LogP contribution is -2.40. The van der Waals surface area contributed by atoms with Crippen LogP contribution in [0.5, 0.6) is 0 Å². The molecule has 1 fully saturated rings. The highest BCUT2D eigenvalue weighted by atomic mass is 19.1. The molecule has 4 nitrogen and oxygen atoms in total. The van der Waals surface area contributed by atoms with Gasteiger partial charge < -0.3 is 4.90 Å². The first-order valence-electron chi connectivity index (χ1n) is 8.02. The Morgan fingerprint density at radius 1 is 1.26 bits per heavy atom. The highest BCUT2D eigenvalue weighted by Crippen LogP contribution is 2.22. The van der Waals surface area contributed by atoms with Gasteiger partial charge in [0.2, 0.25) is 0 Å². The molecule has 5 heteroatoms. The summed E-state index contributed by atoms with van der Waals surface area (Å²) in [5.41, 5.74) is 1.55. The van der Waals surface area contributed by atoms with Gasteiger partial charge in [0.1, 0.15) is 11.5 Å². The molecule has 0 aliphatic carbocycles. The van der Waals surface area contributed by atoms with Gasteiger partial charge in [-0.3, -0.25) is 9.78 Å². The fraction of sp³-hybridized carbons (Fsp3) is 0.389. The van der Waals surface area contributed by atoms with E-state index < -0.39 is 0 Å². The lowest BCUT2D eigenvalue weighted by molar-refractivity contribution is 0.0662. The minimum absolute atomic E-state index is 0.0374. The molecule has 1 aromatic carbocycles. The molecule has 1 atom stereocenters. The molecule has 0 unspecified atom stereocenters. The van der Waals surface area contributed by atoms with Crippen LogP contribution < -0.4 is 0 Å². The van der Waals surface area contributed by atoms with Crippen molar-refractivity contribution in [2.24, 2.45) is 5.92 Å². The average molecular weight is 313 g/mol. The third-order valence-corrected chi connectivity index (χ3v) is 4.34. The van der Waals surface area contributed by atoms with Crippen molar-refractivity contribution in [2.75, 3.05) is 13.1 Å². The second kappa shape index (κ2) is 7.31. The number of aryl methyl sites for hydroxylation is 1. The van der Waals surface area contributed by atoms with Crippen LogP contribution in [-0.2, 0) is 6.42 Å². The number of rotatable bonds is 4. The normalized spacial score (nSPS) is 18.0. The molecule has 3 rings (SSSR count). The molecule has 0 N–H and O–H groups in total. The van der Waals surface area contributed by atoms with Gasteiger partial charge in [-0.05, 0) is 49.3 Å². The third-order valence-electron chi connectivity index (χ3n) is 4.34. The minimum atomic E-state index is -0.202. The lowest BCUT2D eigenvalue weighted by Gasteiger charge is -2.32. The van der Waals surface area contributed by atoms with E-state index in [1.165, 1.54) is 18.3 Å². The Morgan fingerprint density at radius 2 is 2.09 bits per heavy atom. The summed E-state index contributed by atoms with van der Waals surface area (Å²) in [6.45, 7) is 1.54. The molecular formula is C18H20FN3O. The van der Waals surface area contributed by atoms with Crippen LogP contribution in [0.25, 0.3) is 0 Å². The Morgan fingerprint density at radius 3 is 2.83 bits per heavy atom. The molecule has 2 heterocycles. The molecule has 1 aromatic heterocycles. The van der Waals surface area contributed by atoms with Crippen molar-refractivity contribution in [3.8, 4) is 0 Å². The van der Waals surface area contributed by atoms with Crippen molar-refractivity contribution in [1.29, 1.82) is 0 Å². The number of carbonyl (C=O) groups is 1. The average Bonchev–Trinajstić information content (AvgIpc) is 2.61. The minimum Gasteiger partial charge on any atom is -0.337 e. The maximum atomic E-state index is 12.9. The molecule has 23 heavy (non-hydrogen) atoms. The van der Waals surface area contributed by atoms with Crippen LogP contribution in [0, 0.1) is 11.7 Å². The predicted octanol–water partition coefficient (Wildman–Crippen LogP) is 3.10. The number of nitrogens with zero attached hydrogens (tertiary/aromatic N) is 3. The van der Waals surface area contributed by atoms with Gasteiger partial charge in [-0.1, -0.05) is 12.1 Å². The van der Waals surface area contributed by atoms with Gasteiger partial charge in [0.05, 0.1) is 6.20 Å². The van der Waals surface area contributed by atoms with Crippen LogP contribution in [-0.4, -0.2) is 33.9 Å². The van der Waals surface area contributed by atoms with E-state index >= 15 is 0 Å². The predicted molar refractivity (Wildman–Crippen MR) is 85.4 cm³/mol. The summed E-state index contributed by atoms with van der Waals surface area (Å²) in [5.74, 6) is 0.242. The fourth-order valence-electron chi connectivity index (χ4n) is 3.08. The van der Waals surface area contributed by atoms with Gasteiger partial charge in [0.25, 0.3) is 5.91 Å². The summed E-state index contributed by atoms with van der Waals surface area (Å²) in [5, 5.41) is 0. The molecule has 0 saturated carbocycles. The van der Waals surface area contributed by atoms with Crippen LogP contribution in [0.4, 0.5) is 4.39 Å². The van der Waals surface area contributed by atoms with Crippen LogP contribution >= 0.6 is 0 Å². The number of carbonyl (C=O) groups excluding carboxylic acids is 1. The zero-order valence-electron chi connectivity index (χ0n) is 13.0. The topological polar surface area (TPSA) is 46.1 Å². The first-order chi connectivity index (χ1) is 11.2. The van der Waals surface area contributed by atoms with Crippen LogP contribution in [0.1, 0.15) is 35.3 Å². The van der Waals surface area contributed by atoms with Crippen LogP contribution in [0.3, 0.4) is 0 Å². The van der Waals surface area contributed by atoms with E-state index in [1.807, 2.05) is 17.0 Å². The number of halogens is 1. The summed E-state index contributed by atoms with van der Waals surface area (Å²) in [7, 11) is 0. The first-order valence-corrected chi connectivity index (χ1v) is 8.02. The Kier molecular flexibility index (Phi) is 4.95. The zero-order chi connectivity index (χ0) is 16.1. The number of likely N-dealkylation sites (tertiary alicyclic amines) is 1. The van der Waals surface area contributed by atoms with E-state index in [0.29, 0.717) is 11.6 Å². The van der Waals surface area contributed by atoms with Gasteiger partial charge in [0, 0.05) is 25.5 Å². The zero-order valence-corrected chi connectivity index (χ0v) is 13.0. The van der Waals surface area contributed by atoms with Crippen molar-refractivity contribution in [2.45, 2.75) is 25.7 Å². The lowest BCUT2D eigenvalue weighted by atomic mass is 9.91. The van der Waals surface area contributed by atoms with E-state index in [9.17, 15) is 9.18 Å². The summed E-state index contributed by atoms with van der Waals surface area (Å²) >= 11 is 0. The highest BCUT2D eigenvalue weighted by Gasteiger charge is 2.25. The first kappa shape index (κ1) is 15.6. The molecule has 1 aliphatic rings. The van der Waals surface area contributed by atoms with E-state index in [4.69, 9.17) is 0 Å². The fourth-order valence-corrected chi connectivity index (χ4v) is 3.08. The summed E-state index contributed by atoms with van der Waals surface area (Å²) in [6.07, 6.45) is 8.70. The van der Waals surface area contributed by atoms with Crippen molar-refractivity contribution >= 4 is 5.91 Å². The van der Waals surface area contributed by atoms with Crippen molar-refractivity contribution in [3.63, 3.8) is 0 Å². The molecular weight excluding hydrogens is 293 g/mol.